The first kappa shape index (κ1) is 18.4. The number of nitrogens with zero attached hydrogens (tertiary/aromatic N) is 2. The Bertz CT molecular complexity index is 583. The molecule has 0 unspecified atom stereocenters. The predicted molar refractivity (Wildman–Crippen MR) is 88.4 cm³/mol. The summed E-state index contributed by atoms with van der Waals surface area (Å²) in [7, 11) is 0. The summed E-state index contributed by atoms with van der Waals surface area (Å²) in [6, 6.07) is 0. The van der Waals surface area contributed by atoms with Crippen molar-refractivity contribution in [2.24, 2.45) is 0 Å². The molecule has 0 spiro atoms. The van der Waals surface area contributed by atoms with Crippen LogP contribution >= 0.6 is 0 Å². The van der Waals surface area contributed by atoms with Gasteiger partial charge in [0.25, 0.3) is 0 Å². The Kier molecular flexibility index (Phi) is 5.64. The highest BCUT2D eigenvalue weighted by Crippen LogP contribution is 2.26. The lowest BCUT2D eigenvalue weighted by atomic mass is 9.86. The molecule has 0 saturated carbocycles. The molecule has 1 fully saturated rings. The molecule has 1 amide bonds. The molecule has 0 radical (unpaired) electrons. The van der Waals surface area contributed by atoms with E-state index in [2.05, 4.69) is 10.3 Å². The van der Waals surface area contributed by atoms with Crippen LogP contribution in [0.5, 0.6) is 0 Å². The molecular weight excluding hydrogens is 310 g/mol. The Morgan fingerprint density at radius 2 is 2.04 bits per heavy atom. The van der Waals surface area contributed by atoms with Crippen molar-refractivity contribution in [3.63, 3.8) is 0 Å². The SMILES string of the molecule is Cc1nccn1CC(=O)NC1(CC(=O)OC(C)(C)C)CCOCC1. The number of hydrogen-bond donors (Lipinski definition) is 1. The Labute approximate surface area is 142 Å². The molecule has 24 heavy (non-hydrogen) atoms. The highest BCUT2D eigenvalue weighted by atomic mass is 16.6. The van der Waals surface area contributed by atoms with Crippen LogP contribution in [-0.4, -0.2) is 45.8 Å². The summed E-state index contributed by atoms with van der Waals surface area (Å²) >= 11 is 0. The third-order valence-corrected chi connectivity index (χ3v) is 3.99. The molecule has 1 N–H and O–H groups in total. The zero-order valence-electron chi connectivity index (χ0n) is 14.9. The van der Waals surface area contributed by atoms with Crippen LogP contribution in [0.2, 0.25) is 0 Å². The molecule has 1 aliphatic rings. The van der Waals surface area contributed by atoms with Gasteiger partial charge in [-0.3, -0.25) is 9.59 Å². The molecule has 1 aromatic heterocycles. The fourth-order valence-electron chi connectivity index (χ4n) is 2.82. The van der Waals surface area contributed by atoms with Gasteiger partial charge in [-0.2, -0.15) is 0 Å². The van der Waals surface area contributed by atoms with E-state index in [0.717, 1.165) is 5.82 Å². The molecule has 0 bridgehead atoms. The molecule has 134 valence electrons. The van der Waals surface area contributed by atoms with Gasteiger partial charge in [-0.1, -0.05) is 0 Å². The van der Waals surface area contributed by atoms with Crippen LogP contribution < -0.4 is 5.32 Å². The number of rotatable bonds is 5. The summed E-state index contributed by atoms with van der Waals surface area (Å²) in [5, 5.41) is 3.05. The van der Waals surface area contributed by atoms with Crippen LogP contribution in [0, 0.1) is 6.92 Å². The molecule has 0 atom stereocenters. The van der Waals surface area contributed by atoms with E-state index in [-0.39, 0.29) is 24.8 Å². The van der Waals surface area contributed by atoms with Gasteiger partial charge in [0.2, 0.25) is 5.91 Å². The van der Waals surface area contributed by atoms with Gasteiger partial charge in [-0.15, -0.1) is 0 Å². The number of imidazole rings is 1. The van der Waals surface area contributed by atoms with Gasteiger partial charge < -0.3 is 19.4 Å². The summed E-state index contributed by atoms with van der Waals surface area (Å²) in [5.74, 6) is 0.336. The highest BCUT2D eigenvalue weighted by molar-refractivity contribution is 5.78. The number of nitrogens with one attached hydrogen (secondary N) is 1. The van der Waals surface area contributed by atoms with E-state index in [1.165, 1.54) is 0 Å². The molecule has 0 aliphatic carbocycles. The molecule has 7 heteroatoms. The number of carbonyl (C=O) groups is 2. The van der Waals surface area contributed by atoms with Crippen molar-refractivity contribution >= 4 is 11.9 Å². The summed E-state index contributed by atoms with van der Waals surface area (Å²) in [5.41, 5.74) is -1.15. The first-order chi connectivity index (χ1) is 11.2. The van der Waals surface area contributed by atoms with Crippen LogP contribution in [0.1, 0.15) is 45.9 Å². The molecule has 0 aromatic carbocycles. The van der Waals surface area contributed by atoms with Crippen LogP contribution in [-0.2, 0) is 25.6 Å². The summed E-state index contributed by atoms with van der Waals surface area (Å²) in [4.78, 5) is 28.8. The first-order valence-corrected chi connectivity index (χ1v) is 8.27. The standard InChI is InChI=1S/C17H27N3O4/c1-13-18-7-8-20(13)12-14(21)19-17(5-9-23-10-6-17)11-15(22)24-16(2,3)4/h7-8H,5-6,9-12H2,1-4H3,(H,19,21). The number of esters is 1. The van der Waals surface area contributed by atoms with E-state index >= 15 is 0 Å². The van der Waals surface area contributed by atoms with E-state index in [1.807, 2.05) is 27.7 Å². The zero-order chi connectivity index (χ0) is 17.8. The van der Waals surface area contributed by atoms with Crippen LogP contribution in [0.15, 0.2) is 12.4 Å². The minimum atomic E-state index is -0.605. The van der Waals surface area contributed by atoms with Gasteiger partial charge in [0.15, 0.2) is 0 Å². The minimum Gasteiger partial charge on any atom is -0.460 e. The van der Waals surface area contributed by atoms with E-state index in [1.54, 1.807) is 17.0 Å². The molecule has 1 aliphatic heterocycles. The molecule has 2 heterocycles. The third kappa shape index (κ3) is 5.33. The Hall–Kier alpha value is -1.89. The van der Waals surface area contributed by atoms with Gasteiger partial charge in [0.05, 0.1) is 12.0 Å². The third-order valence-electron chi connectivity index (χ3n) is 3.99. The van der Waals surface area contributed by atoms with Crippen LogP contribution in [0.3, 0.4) is 0 Å². The zero-order valence-corrected chi connectivity index (χ0v) is 14.9. The van der Waals surface area contributed by atoms with Gasteiger partial charge in [-0.05, 0) is 40.5 Å². The number of ether oxygens (including phenoxy) is 2. The lowest BCUT2D eigenvalue weighted by Crippen LogP contribution is -2.54. The molecule has 1 saturated heterocycles. The first-order valence-electron chi connectivity index (χ1n) is 8.27. The number of amides is 1. The van der Waals surface area contributed by atoms with Crippen molar-refractivity contribution < 1.29 is 19.1 Å². The summed E-state index contributed by atoms with van der Waals surface area (Å²) in [6.45, 7) is 8.58. The summed E-state index contributed by atoms with van der Waals surface area (Å²) < 4.78 is 12.6. The molecule has 7 nitrogen and oxygen atoms in total. The highest BCUT2D eigenvalue weighted by Gasteiger charge is 2.37. The molecule has 2 rings (SSSR count). The van der Waals surface area contributed by atoms with Crippen molar-refractivity contribution in [3.8, 4) is 0 Å². The minimum absolute atomic E-state index is 0.137. The normalized spacial score (nSPS) is 17.3. The lowest BCUT2D eigenvalue weighted by Gasteiger charge is -2.38. The smallest absolute Gasteiger partial charge is 0.308 e. The second-order valence-corrected chi connectivity index (χ2v) is 7.31. The van der Waals surface area contributed by atoms with Gasteiger partial charge in [0, 0.05) is 25.6 Å². The van der Waals surface area contributed by atoms with Gasteiger partial charge in [0.1, 0.15) is 18.0 Å². The largest absolute Gasteiger partial charge is 0.460 e. The summed E-state index contributed by atoms with van der Waals surface area (Å²) in [6.07, 6.45) is 4.77. The number of aromatic nitrogens is 2. The van der Waals surface area contributed by atoms with Crippen LogP contribution in [0.25, 0.3) is 0 Å². The molecule has 1 aromatic rings. The maximum atomic E-state index is 12.5. The van der Waals surface area contributed by atoms with E-state index in [9.17, 15) is 9.59 Å². The second-order valence-electron chi connectivity index (χ2n) is 7.31. The second kappa shape index (κ2) is 7.34. The Morgan fingerprint density at radius 3 is 2.58 bits per heavy atom. The number of hydrogen-bond acceptors (Lipinski definition) is 5. The Morgan fingerprint density at radius 1 is 1.38 bits per heavy atom. The number of carbonyl (C=O) groups excluding carboxylic acids is 2. The fourth-order valence-corrected chi connectivity index (χ4v) is 2.82. The van der Waals surface area contributed by atoms with E-state index in [4.69, 9.17) is 9.47 Å². The van der Waals surface area contributed by atoms with E-state index < -0.39 is 11.1 Å². The maximum Gasteiger partial charge on any atom is 0.308 e. The Balaban J connectivity index is 2.02. The van der Waals surface area contributed by atoms with Crippen LogP contribution in [0.4, 0.5) is 0 Å². The monoisotopic (exact) mass is 337 g/mol. The van der Waals surface area contributed by atoms with Crippen molar-refractivity contribution in [3.05, 3.63) is 18.2 Å². The van der Waals surface area contributed by atoms with Crippen molar-refractivity contribution in [1.29, 1.82) is 0 Å². The fraction of sp³-hybridized carbons (Fsp3) is 0.706. The van der Waals surface area contributed by atoms with E-state index in [0.29, 0.717) is 26.1 Å². The van der Waals surface area contributed by atoms with Crippen molar-refractivity contribution in [2.75, 3.05) is 13.2 Å². The number of aryl methyl sites for hydroxylation is 1. The molecular formula is C17H27N3O4. The predicted octanol–water partition coefficient (Wildman–Crippen LogP) is 1.59. The quantitative estimate of drug-likeness (QED) is 0.825. The van der Waals surface area contributed by atoms with Gasteiger partial charge >= 0.3 is 5.97 Å². The average Bonchev–Trinajstić information content (AvgIpc) is 2.82. The van der Waals surface area contributed by atoms with Crippen molar-refractivity contribution in [2.45, 2.75) is 64.6 Å². The van der Waals surface area contributed by atoms with Gasteiger partial charge in [-0.25, -0.2) is 4.98 Å². The average molecular weight is 337 g/mol. The van der Waals surface area contributed by atoms with Crippen molar-refractivity contribution in [1.82, 2.24) is 14.9 Å². The maximum absolute atomic E-state index is 12.5. The lowest BCUT2D eigenvalue weighted by molar-refractivity contribution is -0.157. The topological polar surface area (TPSA) is 82.5 Å².